The fraction of sp³-hybridized carbons (Fsp3) is 0.632. The largest absolute Gasteiger partial charge is 0.376 e. The molecule has 2 saturated heterocycles. The van der Waals surface area contributed by atoms with Crippen molar-refractivity contribution >= 4 is 5.91 Å². The van der Waals surface area contributed by atoms with Crippen LogP contribution in [0.3, 0.4) is 0 Å². The molecule has 0 N–H and O–H groups in total. The Balaban J connectivity index is 1.38. The average molecular weight is 316 g/mol. The number of likely N-dealkylation sites (tertiary alicyclic amines) is 2. The zero-order chi connectivity index (χ0) is 15.9. The highest BCUT2D eigenvalue weighted by atomic mass is 16.5. The SMILES string of the molecule is O=C(CCOCc1ccccc1)N1CCCC1CN1CCCC1. The van der Waals surface area contributed by atoms with Gasteiger partial charge in [-0.1, -0.05) is 30.3 Å². The number of hydrogen-bond acceptors (Lipinski definition) is 3. The van der Waals surface area contributed by atoms with Crippen LogP contribution in [-0.4, -0.2) is 54.5 Å². The smallest absolute Gasteiger partial charge is 0.225 e. The van der Waals surface area contributed by atoms with Gasteiger partial charge in [0.1, 0.15) is 0 Å². The molecular weight excluding hydrogens is 288 g/mol. The van der Waals surface area contributed by atoms with Crippen LogP contribution in [0.1, 0.15) is 37.7 Å². The molecule has 0 spiro atoms. The molecule has 1 atom stereocenters. The summed E-state index contributed by atoms with van der Waals surface area (Å²) in [6.07, 6.45) is 5.44. The normalized spacial score (nSPS) is 21.9. The van der Waals surface area contributed by atoms with Gasteiger partial charge in [-0.05, 0) is 44.3 Å². The molecule has 0 saturated carbocycles. The minimum Gasteiger partial charge on any atom is -0.376 e. The number of amides is 1. The molecule has 1 amide bonds. The monoisotopic (exact) mass is 316 g/mol. The highest BCUT2D eigenvalue weighted by molar-refractivity contribution is 5.77. The summed E-state index contributed by atoms with van der Waals surface area (Å²) in [5.41, 5.74) is 1.16. The van der Waals surface area contributed by atoms with Crippen LogP contribution in [0.15, 0.2) is 30.3 Å². The Kier molecular flexibility index (Phi) is 6.06. The van der Waals surface area contributed by atoms with Gasteiger partial charge >= 0.3 is 0 Å². The number of carbonyl (C=O) groups is 1. The highest BCUT2D eigenvalue weighted by Crippen LogP contribution is 2.21. The van der Waals surface area contributed by atoms with Crippen LogP contribution >= 0.6 is 0 Å². The van der Waals surface area contributed by atoms with E-state index < -0.39 is 0 Å². The molecule has 0 aromatic heterocycles. The molecule has 2 heterocycles. The van der Waals surface area contributed by atoms with Gasteiger partial charge in [0, 0.05) is 19.1 Å². The van der Waals surface area contributed by atoms with E-state index in [9.17, 15) is 4.79 Å². The first kappa shape index (κ1) is 16.5. The Morgan fingerprint density at radius 3 is 2.65 bits per heavy atom. The molecule has 0 radical (unpaired) electrons. The van der Waals surface area contributed by atoms with Crippen molar-refractivity contribution in [3.05, 3.63) is 35.9 Å². The second-order valence-electron chi connectivity index (χ2n) is 6.68. The van der Waals surface area contributed by atoms with Crippen molar-refractivity contribution in [1.29, 1.82) is 0 Å². The summed E-state index contributed by atoms with van der Waals surface area (Å²) in [6.45, 7) is 5.51. The predicted octanol–water partition coefficient (Wildman–Crippen LogP) is 2.68. The second kappa shape index (κ2) is 8.46. The summed E-state index contributed by atoms with van der Waals surface area (Å²) in [5.74, 6) is 0.264. The van der Waals surface area contributed by atoms with Crippen LogP contribution in [0.2, 0.25) is 0 Å². The minimum atomic E-state index is 0.264. The number of carbonyl (C=O) groups excluding carboxylic acids is 1. The lowest BCUT2D eigenvalue weighted by molar-refractivity contribution is -0.133. The first-order valence-electron chi connectivity index (χ1n) is 8.96. The van der Waals surface area contributed by atoms with Crippen LogP contribution < -0.4 is 0 Å². The third kappa shape index (κ3) is 4.79. The molecule has 0 bridgehead atoms. The van der Waals surface area contributed by atoms with Crippen molar-refractivity contribution in [3.63, 3.8) is 0 Å². The lowest BCUT2D eigenvalue weighted by Crippen LogP contribution is -2.42. The Labute approximate surface area is 139 Å². The molecule has 2 aliphatic heterocycles. The third-order valence-electron chi connectivity index (χ3n) is 4.94. The van der Waals surface area contributed by atoms with Gasteiger partial charge in [-0.2, -0.15) is 0 Å². The summed E-state index contributed by atoms with van der Waals surface area (Å²) in [6, 6.07) is 10.5. The molecule has 23 heavy (non-hydrogen) atoms. The average Bonchev–Trinajstić information content (AvgIpc) is 3.25. The van der Waals surface area contributed by atoms with Crippen molar-refractivity contribution < 1.29 is 9.53 Å². The maximum Gasteiger partial charge on any atom is 0.225 e. The van der Waals surface area contributed by atoms with E-state index in [0.717, 1.165) is 31.5 Å². The van der Waals surface area contributed by atoms with E-state index in [4.69, 9.17) is 4.74 Å². The molecule has 2 aliphatic rings. The van der Waals surface area contributed by atoms with E-state index in [1.807, 2.05) is 30.3 Å². The lowest BCUT2D eigenvalue weighted by Gasteiger charge is -2.28. The summed E-state index contributed by atoms with van der Waals surface area (Å²) < 4.78 is 5.66. The van der Waals surface area contributed by atoms with E-state index in [1.165, 1.54) is 25.9 Å². The van der Waals surface area contributed by atoms with E-state index in [2.05, 4.69) is 9.80 Å². The fourth-order valence-corrected chi connectivity index (χ4v) is 3.68. The number of nitrogens with zero attached hydrogens (tertiary/aromatic N) is 2. The Morgan fingerprint density at radius 1 is 1.09 bits per heavy atom. The van der Waals surface area contributed by atoms with Crippen LogP contribution in [0, 0.1) is 0 Å². The minimum absolute atomic E-state index is 0.264. The van der Waals surface area contributed by atoms with Crippen molar-refractivity contribution in [1.82, 2.24) is 9.80 Å². The third-order valence-corrected chi connectivity index (χ3v) is 4.94. The summed E-state index contributed by atoms with van der Waals surface area (Å²) >= 11 is 0. The van der Waals surface area contributed by atoms with Gasteiger partial charge in [-0.3, -0.25) is 4.79 Å². The Bertz CT molecular complexity index is 485. The number of rotatable bonds is 7. The topological polar surface area (TPSA) is 32.8 Å². The van der Waals surface area contributed by atoms with Crippen LogP contribution in [0.25, 0.3) is 0 Å². The van der Waals surface area contributed by atoms with Crippen molar-refractivity contribution in [2.24, 2.45) is 0 Å². The molecule has 4 nitrogen and oxygen atoms in total. The van der Waals surface area contributed by atoms with Gasteiger partial charge in [0.05, 0.1) is 19.6 Å². The molecular formula is C19H28N2O2. The van der Waals surface area contributed by atoms with Crippen LogP contribution in [0.4, 0.5) is 0 Å². The molecule has 1 aromatic carbocycles. The Morgan fingerprint density at radius 2 is 1.87 bits per heavy atom. The van der Waals surface area contributed by atoms with Crippen LogP contribution in [0.5, 0.6) is 0 Å². The van der Waals surface area contributed by atoms with Gasteiger partial charge in [0.2, 0.25) is 5.91 Å². The predicted molar refractivity (Wildman–Crippen MR) is 91.1 cm³/mol. The van der Waals surface area contributed by atoms with Crippen molar-refractivity contribution in [2.45, 2.75) is 44.8 Å². The molecule has 3 rings (SSSR count). The summed E-state index contributed by atoms with van der Waals surface area (Å²) in [7, 11) is 0. The van der Waals surface area contributed by atoms with E-state index in [-0.39, 0.29) is 5.91 Å². The first-order valence-corrected chi connectivity index (χ1v) is 8.96. The zero-order valence-corrected chi connectivity index (χ0v) is 14.0. The number of benzene rings is 1. The van der Waals surface area contributed by atoms with Crippen molar-refractivity contribution in [3.8, 4) is 0 Å². The molecule has 2 fully saturated rings. The van der Waals surface area contributed by atoms with Gasteiger partial charge in [0.25, 0.3) is 0 Å². The molecule has 4 heteroatoms. The standard InChI is InChI=1S/C19H28N2O2/c22-19(10-14-23-16-17-7-2-1-3-8-17)21-13-6-9-18(21)15-20-11-4-5-12-20/h1-3,7-8,18H,4-6,9-16H2. The zero-order valence-electron chi connectivity index (χ0n) is 14.0. The van der Waals surface area contributed by atoms with Crippen molar-refractivity contribution in [2.75, 3.05) is 32.8 Å². The number of hydrogen-bond donors (Lipinski definition) is 0. The number of ether oxygens (including phenoxy) is 1. The fourth-order valence-electron chi connectivity index (χ4n) is 3.68. The lowest BCUT2D eigenvalue weighted by atomic mass is 10.2. The molecule has 1 unspecified atom stereocenters. The van der Waals surface area contributed by atoms with Gasteiger partial charge in [0.15, 0.2) is 0 Å². The van der Waals surface area contributed by atoms with E-state index in [1.54, 1.807) is 0 Å². The molecule has 1 aromatic rings. The van der Waals surface area contributed by atoms with E-state index in [0.29, 0.717) is 25.7 Å². The maximum absolute atomic E-state index is 12.5. The van der Waals surface area contributed by atoms with Gasteiger partial charge in [-0.25, -0.2) is 0 Å². The van der Waals surface area contributed by atoms with Gasteiger partial charge < -0.3 is 14.5 Å². The maximum atomic E-state index is 12.5. The highest BCUT2D eigenvalue weighted by Gasteiger charge is 2.30. The van der Waals surface area contributed by atoms with Gasteiger partial charge in [-0.15, -0.1) is 0 Å². The molecule has 0 aliphatic carbocycles. The Hall–Kier alpha value is -1.39. The first-order chi connectivity index (χ1) is 11.3. The summed E-state index contributed by atoms with van der Waals surface area (Å²) in [4.78, 5) is 17.1. The quantitative estimate of drug-likeness (QED) is 0.725. The summed E-state index contributed by atoms with van der Waals surface area (Å²) in [5, 5.41) is 0. The van der Waals surface area contributed by atoms with Crippen LogP contribution in [-0.2, 0) is 16.1 Å². The molecule has 126 valence electrons. The second-order valence-corrected chi connectivity index (χ2v) is 6.68. The van der Waals surface area contributed by atoms with E-state index >= 15 is 0 Å².